The monoisotopic (exact) mass is 143 g/mol. The van der Waals surface area contributed by atoms with Gasteiger partial charge in [-0.1, -0.05) is 6.08 Å². The van der Waals surface area contributed by atoms with E-state index in [1.54, 1.807) is 6.08 Å². The number of nitrogens with two attached hydrogens (primary N) is 1. The molecule has 1 rings (SSSR count). The van der Waals surface area contributed by atoms with E-state index in [9.17, 15) is 0 Å². The van der Waals surface area contributed by atoms with Crippen LogP contribution in [0.5, 0.6) is 0 Å². The van der Waals surface area contributed by atoms with Crippen LogP contribution in [0.4, 0.5) is 0 Å². The molecule has 3 heteroatoms. The molecule has 1 fully saturated rings. The van der Waals surface area contributed by atoms with Gasteiger partial charge in [0, 0.05) is 0 Å². The molecular formula is C7H13NO2. The van der Waals surface area contributed by atoms with Crippen LogP contribution in [0.2, 0.25) is 0 Å². The van der Waals surface area contributed by atoms with Crippen LogP contribution >= 0.6 is 0 Å². The first-order valence-corrected chi connectivity index (χ1v) is 3.46. The Morgan fingerprint density at radius 3 is 2.60 bits per heavy atom. The molecule has 1 aliphatic rings. The highest BCUT2D eigenvalue weighted by Crippen LogP contribution is 2.07. The van der Waals surface area contributed by atoms with Crippen molar-refractivity contribution < 1.29 is 9.47 Å². The molecule has 0 radical (unpaired) electrons. The fourth-order valence-corrected chi connectivity index (χ4v) is 0.839. The quantitative estimate of drug-likeness (QED) is 0.564. The fraction of sp³-hybridized carbons (Fsp3) is 0.714. The number of rotatable bonds is 2. The lowest BCUT2D eigenvalue weighted by molar-refractivity contribution is -0.182. The molecule has 0 saturated carbocycles. The molecular weight excluding hydrogens is 130 g/mol. The Kier molecular flexibility index (Phi) is 2.86. The molecule has 3 nitrogen and oxygen atoms in total. The van der Waals surface area contributed by atoms with Crippen molar-refractivity contribution in [1.82, 2.24) is 0 Å². The van der Waals surface area contributed by atoms with Crippen LogP contribution in [0, 0.1) is 0 Å². The average molecular weight is 143 g/mol. The van der Waals surface area contributed by atoms with Crippen molar-refractivity contribution >= 4 is 0 Å². The van der Waals surface area contributed by atoms with E-state index in [4.69, 9.17) is 15.2 Å². The van der Waals surface area contributed by atoms with Crippen LogP contribution in [0.3, 0.4) is 0 Å². The van der Waals surface area contributed by atoms with E-state index in [1.807, 2.05) is 0 Å². The standard InChI is InChI=1S/C7H13NO2/c1-2-6(8)7-9-4-3-5-10-7/h2,6-7H,1,3-5,8H2. The van der Waals surface area contributed by atoms with Crippen molar-refractivity contribution in [3.05, 3.63) is 12.7 Å². The Bertz CT molecular complexity index is 110. The van der Waals surface area contributed by atoms with E-state index in [0.717, 1.165) is 19.6 Å². The minimum atomic E-state index is -0.272. The van der Waals surface area contributed by atoms with E-state index >= 15 is 0 Å². The summed E-state index contributed by atoms with van der Waals surface area (Å²) >= 11 is 0. The second-order valence-corrected chi connectivity index (χ2v) is 2.28. The molecule has 1 unspecified atom stereocenters. The molecule has 1 saturated heterocycles. The molecule has 0 aromatic carbocycles. The minimum Gasteiger partial charge on any atom is -0.351 e. The maximum Gasteiger partial charge on any atom is 0.176 e. The van der Waals surface area contributed by atoms with E-state index in [1.165, 1.54) is 0 Å². The molecule has 0 aromatic heterocycles. The van der Waals surface area contributed by atoms with Crippen molar-refractivity contribution in [2.24, 2.45) is 5.73 Å². The highest BCUT2D eigenvalue weighted by atomic mass is 16.7. The number of hydrogen-bond acceptors (Lipinski definition) is 3. The molecule has 1 atom stereocenters. The van der Waals surface area contributed by atoms with E-state index < -0.39 is 0 Å². The zero-order valence-electron chi connectivity index (χ0n) is 5.95. The van der Waals surface area contributed by atoms with Crippen LogP contribution in [0.25, 0.3) is 0 Å². The van der Waals surface area contributed by atoms with E-state index in [0.29, 0.717) is 0 Å². The second-order valence-electron chi connectivity index (χ2n) is 2.28. The summed E-state index contributed by atoms with van der Waals surface area (Å²) in [5, 5.41) is 0. The van der Waals surface area contributed by atoms with Crippen LogP contribution in [-0.4, -0.2) is 25.5 Å². The Balaban J connectivity index is 2.30. The molecule has 1 heterocycles. The third-order valence-corrected chi connectivity index (χ3v) is 1.44. The van der Waals surface area contributed by atoms with Gasteiger partial charge in [-0.3, -0.25) is 0 Å². The molecule has 1 aliphatic heterocycles. The van der Waals surface area contributed by atoms with Gasteiger partial charge in [-0.2, -0.15) is 0 Å². The van der Waals surface area contributed by atoms with Gasteiger partial charge in [-0.15, -0.1) is 6.58 Å². The zero-order valence-corrected chi connectivity index (χ0v) is 5.95. The fourth-order valence-electron chi connectivity index (χ4n) is 0.839. The molecule has 58 valence electrons. The molecule has 0 amide bonds. The van der Waals surface area contributed by atoms with Gasteiger partial charge in [0.15, 0.2) is 6.29 Å². The summed E-state index contributed by atoms with van der Waals surface area (Å²) in [5.74, 6) is 0. The molecule has 0 aromatic rings. The lowest BCUT2D eigenvalue weighted by atomic mass is 10.3. The first-order valence-electron chi connectivity index (χ1n) is 3.46. The van der Waals surface area contributed by atoms with E-state index in [-0.39, 0.29) is 12.3 Å². The van der Waals surface area contributed by atoms with Crippen molar-refractivity contribution in [3.8, 4) is 0 Å². The minimum absolute atomic E-state index is 0.194. The van der Waals surface area contributed by atoms with Crippen molar-refractivity contribution in [1.29, 1.82) is 0 Å². The Morgan fingerprint density at radius 1 is 1.50 bits per heavy atom. The largest absolute Gasteiger partial charge is 0.351 e. The summed E-state index contributed by atoms with van der Waals surface area (Å²) in [5.41, 5.74) is 5.58. The predicted molar refractivity (Wildman–Crippen MR) is 38.5 cm³/mol. The normalized spacial score (nSPS) is 24.1. The summed E-state index contributed by atoms with van der Waals surface area (Å²) in [6.45, 7) is 5.04. The first-order chi connectivity index (χ1) is 4.84. The zero-order chi connectivity index (χ0) is 7.40. The van der Waals surface area contributed by atoms with Gasteiger partial charge >= 0.3 is 0 Å². The van der Waals surface area contributed by atoms with Crippen LogP contribution in [0.1, 0.15) is 6.42 Å². The maximum absolute atomic E-state index is 5.58. The van der Waals surface area contributed by atoms with Gasteiger partial charge in [-0.05, 0) is 6.42 Å². The summed E-state index contributed by atoms with van der Waals surface area (Å²) in [4.78, 5) is 0. The smallest absolute Gasteiger partial charge is 0.176 e. The lowest BCUT2D eigenvalue weighted by Gasteiger charge is -2.26. The lowest BCUT2D eigenvalue weighted by Crippen LogP contribution is -2.40. The summed E-state index contributed by atoms with van der Waals surface area (Å²) in [6.07, 6.45) is 2.32. The first kappa shape index (κ1) is 7.72. The van der Waals surface area contributed by atoms with Crippen molar-refractivity contribution in [2.45, 2.75) is 18.8 Å². The Labute approximate surface area is 60.8 Å². The highest BCUT2D eigenvalue weighted by molar-refractivity contribution is 4.85. The Hall–Kier alpha value is -0.380. The molecule has 10 heavy (non-hydrogen) atoms. The maximum atomic E-state index is 5.58. The van der Waals surface area contributed by atoms with Gasteiger partial charge in [0.25, 0.3) is 0 Å². The van der Waals surface area contributed by atoms with Gasteiger partial charge in [0.2, 0.25) is 0 Å². The third-order valence-electron chi connectivity index (χ3n) is 1.44. The van der Waals surface area contributed by atoms with Crippen LogP contribution < -0.4 is 5.73 Å². The van der Waals surface area contributed by atoms with Crippen LogP contribution in [-0.2, 0) is 9.47 Å². The average Bonchev–Trinajstić information content (AvgIpc) is 2.05. The summed E-state index contributed by atoms with van der Waals surface area (Å²) in [7, 11) is 0. The topological polar surface area (TPSA) is 44.5 Å². The summed E-state index contributed by atoms with van der Waals surface area (Å²) < 4.78 is 10.4. The van der Waals surface area contributed by atoms with Crippen LogP contribution in [0.15, 0.2) is 12.7 Å². The van der Waals surface area contributed by atoms with Crippen molar-refractivity contribution in [2.75, 3.05) is 13.2 Å². The van der Waals surface area contributed by atoms with Gasteiger partial charge in [-0.25, -0.2) is 0 Å². The number of ether oxygens (including phenoxy) is 2. The van der Waals surface area contributed by atoms with Gasteiger partial charge in [0.05, 0.1) is 19.3 Å². The highest BCUT2D eigenvalue weighted by Gasteiger charge is 2.18. The Morgan fingerprint density at radius 2 is 2.10 bits per heavy atom. The number of hydrogen-bond donors (Lipinski definition) is 1. The predicted octanol–water partition coefficient (Wildman–Crippen LogP) is 0.263. The van der Waals surface area contributed by atoms with Gasteiger partial charge in [0.1, 0.15) is 0 Å². The summed E-state index contributed by atoms with van der Waals surface area (Å²) in [6, 6.07) is -0.194. The third kappa shape index (κ3) is 1.80. The van der Waals surface area contributed by atoms with Crippen molar-refractivity contribution in [3.63, 3.8) is 0 Å². The van der Waals surface area contributed by atoms with E-state index in [2.05, 4.69) is 6.58 Å². The molecule has 0 bridgehead atoms. The molecule has 0 aliphatic carbocycles. The SMILES string of the molecule is C=CC(N)C1OCCCO1. The molecule has 2 N–H and O–H groups in total. The van der Waals surface area contributed by atoms with Gasteiger partial charge < -0.3 is 15.2 Å². The second kappa shape index (κ2) is 3.71. The molecule has 0 spiro atoms.